The Hall–Kier alpha value is -3.71. The highest BCUT2D eigenvalue weighted by atomic mass is 19.1. The summed E-state index contributed by atoms with van der Waals surface area (Å²) in [6.07, 6.45) is 6.79. The average Bonchev–Trinajstić information content (AvgIpc) is 3.27. The highest BCUT2D eigenvalue weighted by molar-refractivity contribution is 6.11. The lowest BCUT2D eigenvalue weighted by atomic mass is 9.92. The van der Waals surface area contributed by atoms with Crippen molar-refractivity contribution in [2.24, 2.45) is 0 Å². The zero-order valence-corrected chi connectivity index (χ0v) is 19.9. The summed E-state index contributed by atoms with van der Waals surface area (Å²) >= 11 is 0. The minimum Gasteiger partial charge on any atom is -0.455 e. The number of carbonyl (C=O) groups is 2. The number of allylic oxidation sites excluding steroid dienone is 2. The molecule has 0 saturated heterocycles. The number of hydrogen-bond acceptors (Lipinski definition) is 4. The van der Waals surface area contributed by atoms with Gasteiger partial charge in [-0.25, -0.2) is 4.39 Å². The summed E-state index contributed by atoms with van der Waals surface area (Å²) in [5, 5.41) is 15.7. The standard InChI is InChI=1S/C28H29FN2O4/c1-3-5-22(16-32)31-27(33)20-7-4-6-18(14-20)19-10-13-24-23(15-19)25(28(34)30-2)26(35-24)17-8-11-21(29)12-9-17/h7-15,22,32H,3-6,16H2,1-2H3,(H,30,34)(H,31,33)/t22-/m1/s1. The monoisotopic (exact) mass is 476 g/mol. The quantitative estimate of drug-likeness (QED) is 0.428. The van der Waals surface area contributed by atoms with Crippen LogP contribution in [0.25, 0.3) is 27.9 Å². The molecule has 1 aliphatic rings. The van der Waals surface area contributed by atoms with Crippen molar-refractivity contribution in [1.29, 1.82) is 0 Å². The molecule has 1 aromatic heterocycles. The van der Waals surface area contributed by atoms with Crippen LogP contribution in [0.1, 0.15) is 48.5 Å². The van der Waals surface area contributed by atoms with Crippen LogP contribution in [-0.4, -0.2) is 36.6 Å². The Morgan fingerprint density at radius 3 is 2.54 bits per heavy atom. The van der Waals surface area contributed by atoms with Gasteiger partial charge in [0.2, 0.25) is 0 Å². The Bertz CT molecular complexity index is 1300. The molecule has 0 fully saturated rings. The third-order valence-corrected chi connectivity index (χ3v) is 6.18. The van der Waals surface area contributed by atoms with Crippen LogP contribution >= 0.6 is 0 Å². The van der Waals surface area contributed by atoms with Gasteiger partial charge in [-0.1, -0.05) is 25.5 Å². The molecule has 2 aromatic carbocycles. The summed E-state index contributed by atoms with van der Waals surface area (Å²) in [5.74, 6) is -0.502. The van der Waals surface area contributed by atoms with Crippen molar-refractivity contribution in [2.45, 2.75) is 38.6 Å². The molecule has 182 valence electrons. The van der Waals surface area contributed by atoms with Crippen LogP contribution in [0.15, 0.2) is 64.6 Å². The molecule has 6 nitrogen and oxygen atoms in total. The number of hydrogen-bond donors (Lipinski definition) is 3. The van der Waals surface area contributed by atoms with Crippen molar-refractivity contribution in [3.05, 3.63) is 77.1 Å². The van der Waals surface area contributed by atoms with Gasteiger partial charge in [-0.15, -0.1) is 0 Å². The van der Waals surface area contributed by atoms with E-state index in [9.17, 15) is 19.1 Å². The van der Waals surface area contributed by atoms with E-state index in [-0.39, 0.29) is 30.3 Å². The number of furan rings is 1. The zero-order chi connectivity index (χ0) is 24.9. The Labute approximate surface area is 203 Å². The molecule has 0 radical (unpaired) electrons. The number of nitrogens with one attached hydrogen (secondary N) is 2. The first-order valence-corrected chi connectivity index (χ1v) is 11.8. The fraction of sp³-hybridized carbons (Fsp3) is 0.286. The zero-order valence-electron chi connectivity index (χ0n) is 19.9. The molecule has 0 aliphatic heterocycles. The molecule has 0 bridgehead atoms. The van der Waals surface area contributed by atoms with Crippen LogP contribution in [-0.2, 0) is 4.79 Å². The normalized spacial score (nSPS) is 14.3. The summed E-state index contributed by atoms with van der Waals surface area (Å²) in [4.78, 5) is 25.6. The van der Waals surface area contributed by atoms with Crippen LogP contribution in [0.4, 0.5) is 4.39 Å². The first-order chi connectivity index (χ1) is 16.9. The first kappa shape index (κ1) is 24.4. The second-order valence-corrected chi connectivity index (χ2v) is 8.61. The van der Waals surface area contributed by atoms with Crippen LogP contribution < -0.4 is 10.6 Å². The molecular weight excluding hydrogens is 447 g/mol. The molecule has 0 unspecified atom stereocenters. The van der Waals surface area contributed by atoms with Gasteiger partial charge in [-0.2, -0.15) is 0 Å². The SMILES string of the molecule is CCC[C@H](CO)NC(=O)C1=CCCC(c2ccc3oc(-c4ccc(F)cc4)c(C(=O)NC)c3c2)=C1. The maximum atomic E-state index is 13.4. The largest absolute Gasteiger partial charge is 0.455 e. The third kappa shape index (κ3) is 5.20. The molecule has 1 atom stereocenters. The summed E-state index contributed by atoms with van der Waals surface area (Å²) in [5.41, 5.74) is 3.95. The molecule has 3 aromatic rings. The van der Waals surface area contributed by atoms with E-state index in [1.807, 2.05) is 37.3 Å². The molecule has 3 N–H and O–H groups in total. The number of fused-ring (bicyclic) bond motifs is 1. The second kappa shape index (κ2) is 10.7. The van der Waals surface area contributed by atoms with Gasteiger partial charge < -0.3 is 20.2 Å². The Balaban J connectivity index is 1.71. The van der Waals surface area contributed by atoms with Gasteiger partial charge in [-0.3, -0.25) is 9.59 Å². The lowest BCUT2D eigenvalue weighted by molar-refractivity contribution is -0.118. The van der Waals surface area contributed by atoms with E-state index < -0.39 is 0 Å². The van der Waals surface area contributed by atoms with E-state index in [1.54, 1.807) is 19.2 Å². The van der Waals surface area contributed by atoms with E-state index in [0.29, 0.717) is 46.3 Å². The number of halogens is 1. The smallest absolute Gasteiger partial charge is 0.255 e. The van der Waals surface area contributed by atoms with Crippen molar-refractivity contribution in [1.82, 2.24) is 10.6 Å². The lowest BCUT2D eigenvalue weighted by Gasteiger charge is -2.18. The van der Waals surface area contributed by atoms with E-state index in [4.69, 9.17) is 4.42 Å². The van der Waals surface area contributed by atoms with Crippen molar-refractivity contribution in [3.63, 3.8) is 0 Å². The summed E-state index contributed by atoms with van der Waals surface area (Å²) in [6, 6.07) is 11.2. The number of benzene rings is 2. The van der Waals surface area contributed by atoms with Crippen molar-refractivity contribution in [3.8, 4) is 11.3 Å². The maximum absolute atomic E-state index is 13.4. The summed E-state index contributed by atoms with van der Waals surface area (Å²) < 4.78 is 19.5. The van der Waals surface area contributed by atoms with E-state index >= 15 is 0 Å². The highest BCUT2D eigenvalue weighted by Crippen LogP contribution is 2.36. The molecular formula is C28H29FN2O4. The van der Waals surface area contributed by atoms with Crippen molar-refractivity contribution < 1.29 is 23.5 Å². The minimum absolute atomic E-state index is 0.0980. The van der Waals surface area contributed by atoms with Gasteiger partial charge in [0, 0.05) is 23.6 Å². The van der Waals surface area contributed by atoms with E-state index in [2.05, 4.69) is 10.6 Å². The van der Waals surface area contributed by atoms with E-state index in [0.717, 1.165) is 24.0 Å². The van der Waals surface area contributed by atoms with Gasteiger partial charge >= 0.3 is 0 Å². The molecule has 0 spiro atoms. The predicted octanol–water partition coefficient (Wildman–Crippen LogP) is 4.98. The van der Waals surface area contributed by atoms with Crippen molar-refractivity contribution >= 4 is 28.4 Å². The van der Waals surface area contributed by atoms with Crippen LogP contribution in [0, 0.1) is 5.82 Å². The summed E-state index contributed by atoms with van der Waals surface area (Å²) in [7, 11) is 1.55. The van der Waals surface area contributed by atoms with Gasteiger partial charge in [0.25, 0.3) is 11.8 Å². The van der Waals surface area contributed by atoms with Crippen LogP contribution in [0.3, 0.4) is 0 Å². The number of aliphatic hydroxyl groups is 1. The summed E-state index contributed by atoms with van der Waals surface area (Å²) in [6.45, 7) is 1.91. The third-order valence-electron chi connectivity index (χ3n) is 6.18. The molecule has 7 heteroatoms. The van der Waals surface area contributed by atoms with Gasteiger partial charge in [-0.05, 0) is 72.9 Å². The molecule has 1 aliphatic carbocycles. The Morgan fingerprint density at radius 1 is 1.11 bits per heavy atom. The molecule has 4 rings (SSSR count). The number of rotatable bonds is 8. The average molecular weight is 477 g/mol. The second-order valence-electron chi connectivity index (χ2n) is 8.61. The predicted molar refractivity (Wildman–Crippen MR) is 134 cm³/mol. The minimum atomic E-state index is -0.370. The van der Waals surface area contributed by atoms with E-state index in [1.165, 1.54) is 12.1 Å². The van der Waals surface area contributed by atoms with Gasteiger partial charge in [0.05, 0.1) is 18.2 Å². The Morgan fingerprint density at radius 2 is 1.86 bits per heavy atom. The van der Waals surface area contributed by atoms with Gasteiger partial charge in [0.15, 0.2) is 0 Å². The lowest BCUT2D eigenvalue weighted by Crippen LogP contribution is -2.38. The Kier molecular flexibility index (Phi) is 7.46. The molecule has 35 heavy (non-hydrogen) atoms. The van der Waals surface area contributed by atoms with Crippen LogP contribution in [0.5, 0.6) is 0 Å². The highest BCUT2D eigenvalue weighted by Gasteiger charge is 2.23. The van der Waals surface area contributed by atoms with Gasteiger partial charge in [0.1, 0.15) is 17.2 Å². The topological polar surface area (TPSA) is 91.6 Å². The molecule has 1 heterocycles. The molecule has 0 saturated carbocycles. The first-order valence-electron chi connectivity index (χ1n) is 11.8. The fourth-order valence-corrected chi connectivity index (χ4v) is 4.37. The van der Waals surface area contributed by atoms with Crippen LogP contribution in [0.2, 0.25) is 0 Å². The van der Waals surface area contributed by atoms with Crippen molar-refractivity contribution in [2.75, 3.05) is 13.7 Å². The number of amides is 2. The molecule has 2 amide bonds. The number of aliphatic hydroxyl groups excluding tert-OH is 1. The fourth-order valence-electron chi connectivity index (χ4n) is 4.37. The number of carbonyl (C=O) groups excluding carboxylic acids is 2. The maximum Gasteiger partial charge on any atom is 0.255 e.